The maximum Gasteiger partial charge on any atom is 0.137 e. The molecule has 0 aliphatic rings. The molecule has 14 heavy (non-hydrogen) atoms. The number of aromatic amines is 1. The van der Waals surface area contributed by atoms with Gasteiger partial charge in [-0.05, 0) is 18.2 Å². The Labute approximate surface area is 80.4 Å². The van der Waals surface area contributed by atoms with Crippen LogP contribution in [-0.4, -0.2) is 9.97 Å². The summed E-state index contributed by atoms with van der Waals surface area (Å²) < 4.78 is 5.05. The summed E-state index contributed by atoms with van der Waals surface area (Å²) in [5.41, 5.74) is 3.11. The molecule has 3 heterocycles. The van der Waals surface area contributed by atoms with E-state index in [0.717, 1.165) is 22.2 Å². The number of H-pyrrole nitrogens is 1. The van der Waals surface area contributed by atoms with Crippen LogP contribution in [0.4, 0.5) is 0 Å². The molecule has 0 saturated heterocycles. The zero-order valence-electron chi connectivity index (χ0n) is 7.40. The van der Waals surface area contributed by atoms with E-state index >= 15 is 0 Å². The van der Waals surface area contributed by atoms with Crippen LogP contribution < -0.4 is 0 Å². The Kier molecular flexibility index (Phi) is 1.44. The van der Waals surface area contributed by atoms with Gasteiger partial charge in [-0.15, -0.1) is 0 Å². The normalized spacial score (nSPS) is 10.9. The number of nitrogens with zero attached hydrogens (tertiary/aromatic N) is 1. The first-order valence-corrected chi connectivity index (χ1v) is 4.40. The Hall–Kier alpha value is -2.03. The molecule has 0 aliphatic heterocycles. The van der Waals surface area contributed by atoms with Crippen LogP contribution in [0.1, 0.15) is 0 Å². The lowest BCUT2D eigenvalue weighted by Crippen LogP contribution is -1.73. The van der Waals surface area contributed by atoms with Gasteiger partial charge in [-0.2, -0.15) is 0 Å². The molecule has 3 heteroatoms. The zero-order chi connectivity index (χ0) is 9.38. The first-order valence-electron chi connectivity index (χ1n) is 4.40. The molecule has 0 spiro atoms. The van der Waals surface area contributed by atoms with Crippen LogP contribution in [0.5, 0.6) is 0 Å². The minimum atomic E-state index is 0.906. The second-order valence-corrected chi connectivity index (χ2v) is 3.11. The molecule has 0 radical (unpaired) electrons. The van der Waals surface area contributed by atoms with Gasteiger partial charge in [0.25, 0.3) is 0 Å². The predicted molar refractivity (Wildman–Crippen MR) is 53.8 cm³/mol. The van der Waals surface area contributed by atoms with Gasteiger partial charge in [0.1, 0.15) is 5.65 Å². The van der Waals surface area contributed by atoms with Gasteiger partial charge in [0, 0.05) is 28.9 Å². The van der Waals surface area contributed by atoms with Gasteiger partial charge in [0.05, 0.1) is 12.5 Å². The van der Waals surface area contributed by atoms with Crippen LogP contribution in [-0.2, 0) is 0 Å². The molecule has 0 unspecified atom stereocenters. The van der Waals surface area contributed by atoms with E-state index in [2.05, 4.69) is 9.97 Å². The monoisotopic (exact) mass is 184 g/mol. The van der Waals surface area contributed by atoms with Crippen molar-refractivity contribution in [1.29, 1.82) is 0 Å². The molecule has 3 aromatic heterocycles. The van der Waals surface area contributed by atoms with Crippen LogP contribution >= 0.6 is 0 Å². The number of hydrogen-bond donors (Lipinski definition) is 1. The SMILES string of the molecule is c1cnc2[nH]cc(-c3ccoc3)c2c1. The lowest BCUT2D eigenvalue weighted by molar-refractivity contribution is 0.568. The third-order valence-corrected chi connectivity index (χ3v) is 2.28. The van der Waals surface area contributed by atoms with Gasteiger partial charge in [-0.25, -0.2) is 4.98 Å². The summed E-state index contributed by atoms with van der Waals surface area (Å²) in [7, 11) is 0. The average Bonchev–Trinajstić information content (AvgIpc) is 2.85. The van der Waals surface area contributed by atoms with Crippen molar-refractivity contribution < 1.29 is 4.42 Å². The third kappa shape index (κ3) is 0.956. The fourth-order valence-corrected chi connectivity index (χ4v) is 1.61. The van der Waals surface area contributed by atoms with Crippen molar-refractivity contribution in [2.24, 2.45) is 0 Å². The molecule has 0 saturated carbocycles. The van der Waals surface area contributed by atoms with E-state index in [-0.39, 0.29) is 0 Å². The predicted octanol–water partition coefficient (Wildman–Crippen LogP) is 2.82. The van der Waals surface area contributed by atoms with Crippen LogP contribution in [0, 0.1) is 0 Å². The van der Waals surface area contributed by atoms with Crippen molar-refractivity contribution in [3.8, 4) is 11.1 Å². The Morgan fingerprint density at radius 2 is 2.29 bits per heavy atom. The van der Waals surface area contributed by atoms with Gasteiger partial charge in [0.2, 0.25) is 0 Å². The Bertz CT molecular complexity index is 551. The standard InChI is InChI=1S/C11H8N2O/c1-2-9-10(8-3-5-14-7-8)6-13-11(9)12-4-1/h1-7H,(H,12,13). The van der Waals surface area contributed by atoms with Crippen molar-refractivity contribution in [3.63, 3.8) is 0 Å². The first kappa shape index (κ1) is 7.38. The number of aromatic nitrogens is 2. The number of fused-ring (bicyclic) bond motifs is 1. The maximum atomic E-state index is 5.05. The summed E-state index contributed by atoms with van der Waals surface area (Å²) in [5.74, 6) is 0. The van der Waals surface area contributed by atoms with Crippen molar-refractivity contribution >= 4 is 11.0 Å². The highest BCUT2D eigenvalue weighted by molar-refractivity contribution is 5.93. The van der Waals surface area contributed by atoms with Gasteiger partial charge in [-0.1, -0.05) is 0 Å². The largest absolute Gasteiger partial charge is 0.472 e. The lowest BCUT2D eigenvalue weighted by Gasteiger charge is -1.91. The van der Waals surface area contributed by atoms with E-state index in [4.69, 9.17) is 4.42 Å². The number of hydrogen-bond acceptors (Lipinski definition) is 2. The van der Waals surface area contributed by atoms with Crippen molar-refractivity contribution in [2.45, 2.75) is 0 Å². The third-order valence-electron chi connectivity index (χ3n) is 2.28. The molecule has 68 valence electrons. The van der Waals surface area contributed by atoms with E-state index in [9.17, 15) is 0 Å². The van der Waals surface area contributed by atoms with Crippen LogP contribution in [0.2, 0.25) is 0 Å². The quantitative estimate of drug-likeness (QED) is 0.631. The minimum Gasteiger partial charge on any atom is -0.472 e. The molecule has 3 aromatic rings. The van der Waals surface area contributed by atoms with Crippen molar-refractivity contribution in [3.05, 3.63) is 43.1 Å². The molecule has 0 atom stereocenters. The summed E-state index contributed by atoms with van der Waals surface area (Å²) >= 11 is 0. The molecule has 0 bridgehead atoms. The second-order valence-electron chi connectivity index (χ2n) is 3.11. The molecule has 0 amide bonds. The summed E-state index contributed by atoms with van der Waals surface area (Å²) in [6.07, 6.45) is 7.13. The molecule has 0 aliphatic carbocycles. The molecule has 0 fully saturated rings. The highest BCUT2D eigenvalue weighted by atomic mass is 16.3. The topological polar surface area (TPSA) is 41.8 Å². The first-order chi connectivity index (χ1) is 6.95. The number of nitrogens with one attached hydrogen (secondary N) is 1. The highest BCUT2D eigenvalue weighted by Crippen LogP contribution is 2.27. The van der Waals surface area contributed by atoms with E-state index in [1.54, 1.807) is 18.7 Å². The second kappa shape index (κ2) is 2.73. The fraction of sp³-hybridized carbons (Fsp3) is 0. The Morgan fingerprint density at radius 3 is 3.14 bits per heavy atom. The smallest absolute Gasteiger partial charge is 0.137 e. The maximum absolute atomic E-state index is 5.05. The average molecular weight is 184 g/mol. The summed E-state index contributed by atoms with van der Waals surface area (Å²) in [6, 6.07) is 5.91. The molecule has 1 N–H and O–H groups in total. The van der Waals surface area contributed by atoms with Gasteiger partial charge >= 0.3 is 0 Å². The summed E-state index contributed by atoms with van der Waals surface area (Å²) in [5, 5.41) is 1.12. The molecule has 3 nitrogen and oxygen atoms in total. The number of pyridine rings is 1. The summed E-state index contributed by atoms with van der Waals surface area (Å²) in [6.45, 7) is 0. The van der Waals surface area contributed by atoms with E-state index < -0.39 is 0 Å². The van der Waals surface area contributed by atoms with Crippen molar-refractivity contribution in [2.75, 3.05) is 0 Å². The van der Waals surface area contributed by atoms with Gasteiger partial charge in [0.15, 0.2) is 0 Å². The van der Waals surface area contributed by atoms with E-state index in [1.165, 1.54) is 0 Å². The highest BCUT2D eigenvalue weighted by Gasteiger charge is 2.06. The van der Waals surface area contributed by atoms with Crippen molar-refractivity contribution in [1.82, 2.24) is 9.97 Å². The fourth-order valence-electron chi connectivity index (χ4n) is 1.61. The van der Waals surface area contributed by atoms with Crippen LogP contribution in [0.3, 0.4) is 0 Å². The summed E-state index contributed by atoms with van der Waals surface area (Å²) in [4.78, 5) is 7.35. The molecule has 3 rings (SSSR count). The molecule has 0 aromatic carbocycles. The lowest BCUT2D eigenvalue weighted by atomic mass is 10.1. The van der Waals surface area contributed by atoms with Crippen LogP contribution in [0.25, 0.3) is 22.2 Å². The van der Waals surface area contributed by atoms with E-state index in [1.807, 2.05) is 24.4 Å². The van der Waals surface area contributed by atoms with E-state index in [0.29, 0.717) is 0 Å². The Balaban J connectivity index is 2.33. The minimum absolute atomic E-state index is 0.906. The molecular formula is C11H8N2O. The number of furan rings is 1. The zero-order valence-corrected chi connectivity index (χ0v) is 7.40. The molecular weight excluding hydrogens is 176 g/mol. The van der Waals surface area contributed by atoms with Crippen LogP contribution in [0.15, 0.2) is 47.5 Å². The van der Waals surface area contributed by atoms with Gasteiger partial charge in [-0.3, -0.25) is 0 Å². The van der Waals surface area contributed by atoms with Gasteiger partial charge < -0.3 is 9.40 Å². The number of rotatable bonds is 1. The Morgan fingerprint density at radius 1 is 1.29 bits per heavy atom.